The Labute approximate surface area is 104 Å². The molecule has 0 fully saturated rings. The smallest absolute Gasteiger partial charge is 0.337 e. The number of hydrogen-bond donors (Lipinski definition) is 1. The Morgan fingerprint density at radius 3 is 2.33 bits per heavy atom. The van der Waals surface area contributed by atoms with Crippen LogP contribution in [0.2, 0.25) is 0 Å². The average molecular weight is 248 g/mol. The van der Waals surface area contributed by atoms with Gasteiger partial charge in [-0.15, -0.1) is 0 Å². The molecule has 1 aromatic carbocycles. The molecule has 18 heavy (non-hydrogen) atoms. The number of methoxy groups -OCH3 is 1. The highest BCUT2D eigenvalue weighted by Gasteiger charge is 2.05. The Kier molecular flexibility index (Phi) is 4.80. The first-order valence-electron chi connectivity index (χ1n) is 5.14. The molecule has 0 aliphatic rings. The first-order chi connectivity index (χ1) is 8.52. The van der Waals surface area contributed by atoms with Gasteiger partial charge in [-0.3, -0.25) is 9.59 Å². The van der Waals surface area contributed by atoms with E-state index in [1.165, 1.54) is 19.3 Å². The molecule has 0 spiro atoms. The SMILES string of the molecule is COC(=O)c1ccc(/C=C/C(=O)CC(=O)O)cc1. The van der Waals surface area contributed by atoms with E-state index in [1.54, 1.807) is 24.3 Å². The Balaban J connectivity index is 2.69. The van der Waals surface area contributed by atoms with Crippen LogP contribution in [0.25, 0.3) is 6.08 Å². The Hall–Kier alpha value is -2.43. The summed E-state index contributed by atoms with van der Waals surface area (Å²) in [6, 6.07) is 6.40. The molecule has 1 aromatic rings. The molecule has 0 aliphatic heterocycles. The second-order valence-corrected chi connectivity index (χ2v) is 3.48. The fraction of sp³-hybridized carbons (Fsp3) is 0.154. The van der Waals surface area contributed by atoms with Crippen molar-refractivity contribution in [2.75, 3.05) is 7.11 Å². The van der Waals surface area contributed by atoms with Crippen molar-refractivity contribution in [3.05, 3.63) is 41.5 Å². The van der Waals surface area contributed by atoms with Gasteiger partial charge in [-0.2, -0.15) is 0 Å². The van der Waals surface area contributed by atoms with Crippen LogP contribution in [0, 0.1) is 0 Å². The molecule has 1 rings (SSSR count). The molecule has 0 amide bonds. The summed E-state index contributed by atoms with van der Waals surface area (Å²) in [5.41, 5.74) is 1.10. The fourth-order valence-corrected chi connectivity index (χ4v) is 1.25. The molecule has 5 nitrogen and oxygen atoms in total. The van der Waals surface area contributed by atoms with Crippen LogP contribution >= 0.6 is 0 Å². The molecule has 0 aliphatic carbocycles. The largest absolute Gasteiger partial charge is 0.481 e. The van der Waals surface area contributed by atoms with Gasteiger partial charge in [0.1, 0.15) is 6.42 Å². The van der Waals surface area contributed by atoms with Gasteiger partial charge in [0.25, 0.3) is 0 Å². The number of benzene rings is 1. The quantitative estimate of drug-likeness (QED) is 0.485. The average Bonchev–Trinajstić information content (AvgIpc) is 2.35. The van der Waals surface area contributed by atoms with Gasteiger partial charge in [-0.25, -0.2) is 4.79 Å². The highest BCUT2D eigenvalue weighted by atomic mass is 16.5. The summed E-state index contributed by atoms with van der Waals surface area (Å²) < 4.78 is 4.54. The second-order valence-electron chi connectivity index (χ2n) is 3.48. The maximum Gasteiger partial charge on any atom is 0.337 e. The number of carbonyl (C=O) groups is 3. The van der Waals surface area contributed by atoms with Crippen molar-refractivity contribution in [3.63, 3.8) is 0 Å². The normalized spacial score (nSPS) is 10.3. The lowest BCUT2D eigenvalue weighted by molar-refractivity contribution is -0.139. The number of aliphatic carboxylic acids is 1. The van der Waals surface area contributed by atoms with Crippen LogP contribution < -0.4 is 0 Å². The van der Waals surface area contributed by atoms with E-state index in [0.717, 1.165) is 0 Å². The minimum absolute atomic E-state index is 0.409. The van der Waals surface area contributed by atoms with Crippen molar-refractivity contribution in [2.45, 2.75) is 6.42 Å². The number of esters is 1. The predicted octanol–water partition coefficient (Wildman–Crippen LogP) is 1.53. The monoisotopic (exact) mass is 248 g/mol. The van der Waals surface area contributed by atoms with E-state index in [9.17, 15) is 14.4 Å². The Morgan fingerprint density at radius 1 is 1.22 bits per heavy atom. The molecule has 94 valence electrons. The summed E-state index contributed by atoms with van der Waals surface area (Å²) in [7, 11) is 1.29. The minimum Gasteiger partial charge on any atom is -0.481 e. The third kappa shape index (κ3) is 4.21. The van der Waals surface area contributed by atoms with Crippen LogP contribution in [0.4, 0.5) is 0 Å². The molecule has 0 unspecified atom stereocenters. The third-order valence-electron chi connectivity index (χ3n) is 2.12. The molecule has 0 atom stereocenters. The minimum atomic E-state index is -1.16. The fourth-order valence-electron chi connectivity index (χ4n) is 1.25. The van der Waals surface area contributed by atoms with Crippen LogP contribution in [0.5, 0.6) is 0 Å². The zero-order valence-corrected chi connectivity index (χ0v) is 9.75. The first-order valence-corrected chi connectivity index (χ1v) is 5.14. The second kappa shape index (κ2) is 6.34. The highest BCUT2D eigenvalue weighted by molar-refractivity contribution is 6.03. The van der Waals surface area contributed by atoms with Gasteiger partial charge in [0.15, 0.2) is 5.78 Å². The van der Waals surface area contributed by atoms with Crippen molar-refractivity contribution < 1.29 is 24.2 Å². The van der Waals surface area contributed by atoms with Crippen LogP contribution in [0.1, 0.15) is 22.3 Å². The molecule has 0 bridgehead atoms. The number of allylic oxidation sites excluding steroid dienone is 1. The summed E-state index contributed by atoms with van der Waals surface area (Å²) in [6.07, 6.45) is 2.16. The number of carboxylic acids is 1. The van der Waals surface area contributed by atoms with E-state index in [2.05, 4.69) is 4.74 Å². The maximum absolute atomic E-state index is 11.2. The maximum atomic E-state index is 11.2. The van der Waals surface area contributed by atoms with Crippen LogP contribution in [0.15, 0.2) is 30.3 Å². The van der Waals surface area contributed by atoms with Gasteiger partial charge >= 0.3 is 11.9 Å². The van der Waals surface area contributed by atoms with Gasteiger partial charge in [0.05, 0.1) is 12.7 Å². The van der Waals surface area contributed by atoms with Gasteiger partial charge in [-0.1, -0.05) is 18.2 Å². The summed E-state index contributed by atoms with van der Waals surface area (Å²) in [5.74, 6) is -2.09. The van der Waals surface area contributed by atoms with Gasteiger partial charge in [0.2, 0.25) is 0 Å². The molecule has 1 N–H and O–H groups in total. The molecular formula is C13H12O5. The van der Waals surface area contributed by atoms with Crippen LogP contribution in [-0.2, 0) is 14.3 Å². The van der Waals surface area contributed by atoms with Crippen molar-refractivity contribution in [1.29, 1.82) is 0 Å². The molecule has 0 saturated heterocycles. The third-order valence-corrected chi connectivity index (χ3v) is 2.12. The van der Waals surface area contributed by atoms with E-state index in [0.29, 0.717) is 11.1 Å². The molecular weight excluding hydrogens is 236 g/mol. The summed E-state index contributed by atoms with van der Waals surface area (Å²) in [5, 5.41) is 8.40. The number of ether oxygens (including phenoxy) is 1. The summed E-state index contributed by atoms with van der Waals surface area (Å²) in [6.45, 7) is 0. The number of ketones is 1. The summed E-state index contributed by atoms with van der Waals surface area (Å²) >= 11 is 0. The van der Waals surface area contributed by atoms with E-state index in [4.69, 9.17) is 5.11 Å². The zero-order valence-electron chi connectivity index (χ0n) is 9.75. The van der Waals surface area contributed by atoms with Crippen molar-refractivity contribution in [2.24, 2.45) is 0 Å². The molecule has 0 heterocycles. The van der Waals surface area contributed by atoms with Gasteiger partial charge < -0.3 is 9.84 Å². The van der Waals surface area contributed by atoms with Crippen molar-refractivity contribution >= 4 is 23.8 Å². The Bertz CT molecular complexity index is 485. The van der Waals surface area contributed by atoms with E-state index < -0.39 is 24.1 Å². The van der Waals surface area contributed by atoms with Crippen LogP contribution in [0.3, 0.4) is 0 Å². The van der Waals surface area contributed by atoms with Crippen molar-refractivity contribution in [1.82, 2.24) is 0 Å². The first kappa shape index (κ1) is 13.6. The standard InChI is InChI=1S/C13H12O5/c1-18-13(17)10-5-2-9(3-6-10)4-7-11(14)8-12(15)16/h2-7H,8H2,1H3,(H,15,16)/b7-4+. The number of carbonyl (C=O) groups excluding carboxylic acids is 2. The predicted molar refractivity (Wildman–Crippen MR) is 64.1 cm³/mol. The van der Waals surface area contributed by atoms with Gasteiger partial charge in [-0.05, 0) is 23.8 Å². The lowest BCUT2D eigenvalue weighted by Gasteiger charge is -1.99. The molecule has 5 heteroatoms. The van der Waals surface area contributed by atoms with E-state index in [1.807, 2.05) is 0 Å². The number of rotatable bonds is 5. The number of hydrogen-bond acceptors (Lipinski definition) is 4. The number of carboxylic acid groups (broad SMARTS) is 1. The molecule has 0 aromatic heterocycles. The van der Waals surface area contributed by atoms with Crippen LogP contribution in [-0.4, -0.2) is 29.9 Å². The van der Waals surface area contributed by atoms with E-state index in [-0.39, 0.29) is 0 Å². The van der Waals surface area contributed by atoms with Gasteiger partial charge in [0, 0.05) is 0 Å². The zero-order chi connectivity index (χ0) is 13.5. The lowest BCUT2D eigenvalue weighted by atomic mass is 10.1. The lowest BCUT2D eigenvalue weighted by Crippen LogP contribution is -2.03. The summed E-state index contributed by atoms with van der Waals surface area (Å²) in [4.78, 5) is 32.5. The van der Waals surface area contributed by atoms with Crippen molar-refractivity contribution in [3.8, 4) is 0 Å². The molecule has 0 saturated carbocycles. The van der Waals surface area contributed by atoms with E-state index >= 15 is 0 Å². The Morgan fingerprint density at radius 2 is 1.83 bits per heavy atom. The topological polar surface area (TPSA) is 80.7 Å². The highest BCUT2D eigenvalue weighted by Crippen LogP contribution is 2.07. The molecule has 0 radical (unpaired) electrons.